The van der Waals surface area contributed by atoms with Gasteiger partial charge in [0, 0.05) is 42.2 Å². The summed E-state index contributed by atoms with van der Waals surface area (Å²) in [6, 6.07) is 13.5. The molecule has 2 aromatic carbocycles. The van der Waals surface area contributed by atoms with Crippen molar-refractivity contribution in [3.8, 4) is 5.75 Å². The molecule has 0 spiro atoms. The molecule has 0 radical (unpaired) electrons. The smallest absolute Gasteiger partial charge is 0.231 e. The summed E-state index contributed by atoms with van der Waals surface area (Å²) in [6.07, 6.45) is 2.46. The maximum Gasteiger partial charge on any atom is 0.231 e. The van der Waals surface area contributed by atoms with Gasteiger partial charge >= 0.3 is 0 Å². The highest BCUT2D eigenvalue weighted by Gasteiger charge is 2.35. The predicted octanol–water partition coefficient (Wildman–Crippen LogP) is 3.87. The zero-order chi connectivity index (χ0) is 21.1. The standard InChI is InChI=1S/C22H20FN3O3S/c1-29-18-4-2-3-17(11-18)26-13-15(10-20(26)27)21(28)25-22-24-12-19(30-22)9-14-5-7-16(23)8-6-14/h2-8,11-12,15H,9-10,13H2,1H3,(H,24,25,28). The Balaban J connectivity index is 1.38. The molecule has 3 aromatic rings. The van der Waals surface area contributed by atoms with E-state index in [0.717, 1.165) is 10.4 Å². The van der Waals surface area contributed by atoms with Crippen LogP contribution in [0.15, 0.2) is 54.7 Å². The highest BCUT2D eigenvalue weighted by Crippen LogP contribution is 2.29. The Kier molecular flexibility index (Phi) is 5.76. The third-order valence-electron chi connectivity index (χ3n) is 4.94. The summed E-state index contributed by atoms with van der Waals surface area (Å²) in [5.74, 6) is -0.390. The van der Waals surface area contributed by atoms with Crippen LogP contribution in [0.4, 0.5) is 15.2 Å². The largest absolute Gasteiger partial charge is 0.497 e. The van der Waals surface area contributed by atoms with Gasteiger partial charge in [-0.1, -0.05) is 18.2 Å². The van der Waals surface area contributed by atoms with Crippen molar-refractivity contribution in [3.05, 3.63) is 71.0 Å². The number of anilines is 2. The lowest BCUT2D eigenvalue weighted by molar-refractivity contribution is -0.122. The molecule has 6 nitrogen and oxygen atoms in total. The number of rotatable bonds is 6. The van der Waals surface area contributed by atoms with Gasteiger partial charge in [0.15, 0.2) is 5.13 Å². The van der Waals surface area contributed by atoms with Crippen molar-refractivity contribution in [2.45, 2.75) is 12.8 Å². The number of carbonyl (C=O) groups excluding carboxylic acids is 2. The van der Waals surface area contributed by atoms with E-state index in [4.69, 9.17) is 4.74 Å². The van der Waals surface area contributed by atoms with Gasteiger partial charge in [-0.25, -0.2) is 9.37 Å². The summed E-state index contributed by atoms with van der Waals surface area (Å²) >= 11 is 1.37. The van der Waals surface area contributed by atoms with Gasteiger partial charge < -0.3 is 15.0 Å². The van der Waals surface area contributed by atoms with E-state index in [1.165, 1.54) is 23.5 Å². The fourth-order valence-electron chi connectivity index (χ4n) is 3.37. The Labute approximate surface area is 177 Å². The topological polar surface area (TPSA) is 71.5 Å². The normalized spacial score (nSPS) is 16.0. The van der Waals surface area contributed by atoms with Gasteiger partial charge in [-0.05, 0) is 29.8 Å². The molecule has 0 bridgehead atoms. The van der Waals surface area contributed by atoms with Gasteiger partial charge in [0.2, 0.25) is 11.8 Å². The predicted molar refractivity (Wildman–Crippen MR) is 113 cm³/mol. The first kappa shape index (κ1) is 20.0. The van der Waals surface area contributed by atoms with E-state index in [-0.39, 0.29) is 24.1 Å². The number of ether oxygens (including phenoxy) is 1. The molecular weight excluding hydrogens is 405 g/mol. The van der Waals surface area contributed by atoms with Crippen molar-refractivity contribution in [2.24, 2.45) is 5.92 Å². The van der Waals surface area contributed by atoms with Gasteiger partial charge in [-0.2, -0.15) is 0 Å². The Morgan fingerprint density at radius 2 is 2.10 bits per heavy atom. The second kappa shape index (κ2) is 8.62. The maximum absolute atomic E-state index is 13.0. The van der Waals surface area contributed by atoms with Crippen LogP contribution in [0.25, 0.3) is 0 Å². The van der Waals surface area contributed by atoms with Crippen molar-refractivity contribution in [1.29, 1.82) is 0 Å². The minimum atomic E-state index is -0.451. The molecule has 1 atom stereocenters. The van der Waals surface area contributed by atoms with Crippen molar-refractivity contribution >= 4 is 34.0 Å². The van der Waals surface area contributed by atoms with Gasteiger partial charge in [-0.3, -0.25) is 9.59 Å². The summed E-state index contributed by atoms with van der Waals surface area (Å²) < 4.78 is 18.2. The molecule has 1 aliphatic heterocycles. The van der Waals surface area contributed by atoms with E-state index in [1.807, 2.05) is 12.1 Å². The lowest BCUT2D eigenvalue weighted by atomic mass is 10.1. The molecule has 4 rings (SSSR count). The quantitative estimate of drug-likeness (QED) is 0.651. The van der Waals surface area contributed by atoms with E-state index in [9.17, 15) is 14.0 Å². The van der Waals surface area contributed by atoms with Gasteiger partial charge in [0.1, 0.15) is 11.6 Å². The molecule has 154 valence electrons. The molecule has 1 saturated heterocycles. The highest BCUT2D eigenvalue weighted by molar-refractivity contribution is 7.15. The number of carbonyl (C=O) groups is 2. The molecule has 8 heteroatoms. The van der Waals surface area contributed by atoms with Crippen LogP contribution in [0, 0.1) is 11.7 Å². The number of benzene rings is 2. The molecule has 0 saturated carbocycles. The number of hydrogen-bond donors (Lipinski definition) is 1. The number of nitrogens with one attached hydrogen (secondary N) is 1. The van der Waals surface area contributed by atoms with Crippen molar-refractivity contribution in [3.63, 3.8) is 0 Å². The first-order valence-corrected chi connectivity index (χ1v) is 10.3. The molecule has 30 heavy (non-hydrogen) atoms. The minimum Gasteiger partial charge on any atom is -0.497 e. The Morgan fingerprint density at radius 3 is 2.87 bits per heavy atom. The monoisotopic (exact) mass is 425 g/mol. The number of halogens is 1. The molecular formula is C22H20FN3O3S. The molecule has 1 aliphatic rings. The van der Waals surface area contributed by atoms with Crippen LogP contribution in [0.1, 0.15) is 16.9 Å². The van der Waals surface area contributed by atoms with Crippen LogP contribution >= 0.6 is 11.3 Å². The number of aromatic nitrogens is 1. The minimum absolute atomic E-state index is 0.0976. The lowest BCUT2D eigenvalue weighted by Crippen LogP contribution is -2.28. The van der Waals surface area contributed by atoms with Crippen LogP contribution in [-0.4, -0.2) is 30.5 Å². The summed E-state index contributed by atoms with van der Waals surface area (Å²) in [6.45, 7) is 0.311. The molecule has 0 aliphatic carbocycles. The second-order valence-corrected chi connectivity index (χ2v) is 8.15. The average Bonchev–Trinajstić information content (AvgIpc) is 3.36. The van der Waals surface area contributed by atoms with E-state index in [1.54, 1.807) is 42.5 Å². The summed E-state index contributed by atoms with van der Waals surface area (Å²) in [5, 5.41) is 3.31. The van der Waals surface area contributed by atoms with Crippen molar-refractivity contribution in [2.75, 3.05) is 23.9 Å². The summed E-state index contributed by atoms with van der Waals surface area (Å²) in [7, 11) is 1.57. The molecule has 1 aromatic heterocycles. The lowest BCUT2D eigenvalue weighted by Gasteiger charge is -2.17. The Bertz CT molecular complexity index is 1070. The number of hydrogen-bond acceptors (Lipinski definition) is 5. The molecule has 1 fully saturated rings. The van der Waals surface area contributed by atoms with E-state index in [0.29, 0.717) is 29.5 Å². The van der Waals surface area contributed by atoms with Crippen LogP contribution in [0.3, 0.4) is 0 Å². The summed E-state index contributed by atoms with van der Waals surface area (Å²) in [4.78, 5) is 31.9. The summed E-state index contributed by atoms with van der Waals surface area (Å²) in [5.41, 5.74) is 1.68. The average molecular weight is 425 g/mol. The molecule has 1 unspecified atom stereocenters. The third kappa shape index (κ3) is 4.49. The van der Waals surface area contributed by atoms with E-state index < -0.39 is 5.92 Å². The van der Waals surface area contributed by atoms with Gasteiger partial charge in [0.25, 0.3) is 0 Å². The molecule has 2 heterocycles. The van der Waals surface area contributed by atoms with Gasteiger partial charge in [0.05, 0.1) is 13.0 Å². The number of methoxy groups -OCH3 is 1. The first-order chi connectivity index (χ1) is 14.5. The van der Waals surface area contributed by atoms with Crippen LogP contribution in [0.5, 0.6) is 5.75 Å². The SMILES string of the molecule is COc1cccc(N2CC(C(=O)Nc3ncc(Cc4ccc(F)cc4)s3)CC2=O)c1. The highest BCUT2D eigenvalue weighted by atomic mass is 32.1. The van der Waals surface area contributed by atoms with Crippen LogP contribution in [0.2, 0.25) is 0 Å². The Hall–Kier alpha value is -3.26. The Morgan fingerprint density at radius 1 is 1.30 bits per heavy atom. The molecule has 2 amide bonds. The maximum atomic E-state index is 13.0. The van der Waals surface area contributed by atoms with Crippen molar-refractivity contribution < 1.29 is 18.7 Å². The first-order valence-electron chi connectivity index (χ1n) is 9.46. The van der Waals surface area contributed by atoms with E-state index >= 15 is 0 Å². The van der Waals surface area contributed by atoms with Crippen molar-refractivity contribution in [1.82, 2.24) is 4.98 Å². The molecule has 1 N–H and O–H groups in total. The van der Waals surface area contributed by atoms with Crippen LogP contribution < -0.4 is 15.0 Å². The fourth-order valence-corrected chi connectivity index (χ4v) is 4.22. The zero-order valence-electron chi connectivity index (χ0n) is 16.3. The van der Waals surface area contributed by atoms with Crippen LogP contribution in [-0.2, 0) is 16.0 Å². The second-order valence-electron chi connectivity index (χ2n) is 7.03. The zero-order valence-corrected chi connectivity index (χ0v) is 17.1. The number of thiazole rings is 1. The van der Waals surface area contributed by atoms with E-state index in [2.05, 4.69) is 10.3 Å². The fraction of sp³-hybridized carbons (Fsp3) is 0.227. The van der Waals surface area contributed by atoms with Gasteiger partial charge in [-0.15, -0.1) is 11.3 Å². The number of nitrogens with zero attached hydrogens (tertiary/aromatic N) is 2. The number of amides is 2. The third-order valence-corrected chi connectivity index (χ3v) is 5.85.